The molecule has 128 valence electrons. The lowest BCUT2D eigenvalue weighted by molar-refractivity contribution is 0.0126. The maximum absolute atomic E-state index is 9.70. The minimum Gasteiger partial charge on any atom is -0.392 e. The van der Waals surface area contributed by atoms with Gasteiger partial charge in [-0.15, -0.1) is 0 Å². The molecule has 0 bridgehead atoms. The monoisotopic (exact) mass is 308 g/mol. The molecule has 0 aliphatic heterocycles. The van der Waals surface area contributed by atoms with E-state index >= 15 is 0 Å². The molecule has 0 saturated heterocycles. The van der Waals surface area contributed by atoms with E-state index in [9.17, 15) is 5.11 Å². The summed E-state index contributed by atoms with van der Waals surface area (Å²) in [6, 6.07) is 0. The number of hydrogen-bond donors (Lipinski definition) is 2. The van der Waals surface area contributed by atoms with E-state index < -0.39 is 5.60 Å². The number of rotatable bonds is 5. The van der Waals surface area contributed by atoms with Crippen LogP contribution in [0.3, 0.4) is 0 Å². The van der Waals surface area contributed by atoms with E-state index in [0.717, 1.165) is 32.1 Å². The molecule has 0 amide bonds. The summed E-state index contributed by atoms with van der Waals surface area (Å²) in [6.45, 7) is 12.4. The number of aliphatic hydroxyl groups is 2. The summed E-state index contributed by atoms with van der Waals surface area (Å²) in [6.07, 6.45) is 11.8. The van der Waals surface area contributed by atoms with Crippen molar-refractivity contribution in [3.8, 4) is 0 Å². The lowest BCUT2D eigenvalue weighted by Gasteiger charge is -2.31. The molecule has 0 fully saturated rings. The molecule has 2 heteroatoms. The van der Waals surface area contributed by atoms with Crippen LogP contribution in [-0.2, 0) is 0 Å². The fourth-order valence-corrected chi connectivity index (χ4v) is 2.45. The summed E-state index contributed by atoms with van der Waals surface area (Å²) < 4.78 is 0. The van der Waals surface area contributed by atoms with Gasteiger partial charge in [0.05, 0.1) is 12.2 Å². The average Bonchev–Trinajstić information content (AvgIpc) is 2.38. The first-order chi connectivity index (χ1) is 10.2. The minimum absolute atomic E-state index is 0.167. The summed E-state index contributed by atoms with van der Waals surface area (Å²) in [7, 11) is 0. The second-order valence-electron chi connectivity index (χ2n) is 7.23. The first kappa shape index (κ1) is 21.1. The molecule has 1 rings (SSSR count). The van der Waals surface area contributed by atoms with Crippen LogP contribution in [-0.4, -0.2) is 22.4 Å². The summed E-state index contributed by atoms with van der Waals surface area (Å²) >= 11 is 0. The summed E-state index contributed by atoms with van der Waals surface area (Å²) in [5.41, 5.74) is 3.62. The van der Waals surface area contributed by atoms with E-state index in [1.54, 1.807) is 0 Å². The Labute approximate surface area is 137 Å². The quantitative estimate of drug-likeness (QED) is 0.687. The van der Waals surface area contributed by atoms with E-state index in [1.165, 1.54) is 16.7 Å². The van der Waals surface area contributed by atoms with Gasteiger partial charge < -0.3 is 10.2 Å². The molecule has 1 unspecified atom stereocenters. The molecule has 0 aromatic heterocycles. The van der Waals surface area contributed by atoms with Gasteiger partial charge in [0.15, 0.2) is 0 Å². The zero-order valence-corrected chi connectivity index (χ0v) is 15.4. The van der Waals surface area contributed by atoms with Crippen LogP contribution in [0.2, 0.25) is 0 Å². The Balaban J connectivity index is 0.000000401. The van der Waals surface area contributed by atoms with Gasteiger partial charge >= 0.3 is 0 Å². The van der Waals surface area contributed by atoms with Crippen LogP contribution < -0.4 is 0 Å². The van der Waals surface area contributed by atoms with Crippen LogP contribution in [0.25, 0.3) is 0 Å². The van der Waals surface area contributed by atoms with E-state index in [4.69, 9.17) is 5.11 Å². The maximum atomic E-state index is 9.70. The molecule has 0 heterocycles. The fourth-order valence-electron chi connectivity index (χ4n) is 2.45. The van der Waals surface area contributed by atoms with Crippen molar-refractivity contribution in [3.63, 3.8) is 0 Å². The minimum atomic E-state index is -0.489. The third-order valence-electron chi connectivity index (χ3n) is 4.17. The molecule has 22 heavy (non-hydrogen) atoms. The molecule has 2 N–H and O–H groups in total. The van der Waals surface area contributed by atoms with Gasteiger partial charge in [0.2, 0.25) is 0 Å². The van der Waals surface area contributed by atoms with Crippen LogP contribution >= 0.6 is 0 Å². The van der Waals surface area contributed by atoms with Gasteiger partial charge in [0, 0.05) is 0 Å². The Bertz CT molecular complexity index is 390. The van der Waals surface area contributed by atoms with Crippen molar-refractivity contribution in [1.29, 1.82) is 0 Å². The lowest BCUT2D eigenvalue weighted by atomic mass is 9.80. The normalized spacial score (nSPS) is 19.0. The predicted molar refractivity (Wildman–Crippen MR) is 96.9 cm³/mol. The highest BCUT2D eigenvalue weighted by Gasteiger charge is 2.27. The highest BCUT2D eigenvalue weighted by molar-refractivity contribution is 5.05. The van der Waals surface area contributed by atoms with E-state index in [2.05, 4.69) is 39.8 Å². The van der Waals surface area contributed by atoms with Crippen molar-refractivity contribution < 1.29 is 10.2 Å². The Morgan fingerprint density at radius 1 is 1.27 bits per heavy atom. The Kier molecular flexibility index (Phi) is 10.4. The lowest BCUT2D eigenvalue weighted by Crippen LogP contribution is -2.31. The zero-order chi connectivity index (χ0) is 17.2. The molecule has 0 radical (unpaired) electrons. The smallest absolute Gasteiger partial charge is 0.0622 e. The van der Waals surface area contributed by atoms with Gasteiger partial charge in [-0.25, -0.2) is 0 Å². The van der Waals surface area contributed by atoms with Crippen molar-refractivity contribution in [1.82, 2.24) is 0 Å². The van der Waals surface area contributed by atoms with E-state index in [-0.39, 0.29) is 6.61 Å². The summed E-state index contributed by atoms with van der Waals surface area (Å²) in [5, 5.41) is 18.3. The van der Waals surface area contributed by atoms with Gasteiger partial charge in [-0.3, -0.25) is 0 Å². The third kappa shape index (κ3) is 10.8. The van der Waals surface area contributed by atoms with E-state index in [1.807, 2.05) is 19.9 Å². The first-order valence-electron chi connectivity index (χ1n) is 8.44. The molecule has 0 aromatic rings. The van der Waals surface area contributed by atoms with Crippen LogP contribution in [0.1, 0.15) is 73.6 Å². The Morgan fingerprint density at radius 2 is 1.91 bits per heavy atom. The Morgan fingerprint density at radius 3 is 2.32 bits per heavy atom. The molecular weight excluding hydrogens is 272 g/mol. The van der Waals surface area contributed by atoms with Crippen LogP contribution in [0, 0.1) is 5.92 Å². The molecule has 0 aromatic carbocycles. The molecule has 1 atom stereocenters. The number of aliphatic hydroxyl groups excluding tert-OH is 1. The fraction of sp³-hybridized carbons (Fsp3) is 0.700. The van der Waals surface area contributed by atoms with Crippen LogP contribution in [0.4, 0.5) is 0 Å². The van der Waals surface area contributed by atoms with Gasteiger partial charge in [-0.1, -0.05) is 34.9 Å². The molecule has 0 saturated carbocycles. The molecule has 1 aliphatic rings. The average molecular weight is 309 g/mol. The highest BCUT2D eigenvalue weighted by atomic mass is 16.3. The van der Waals surface area contributed by atoms with Crippen molar-refractivity contribution in [3.05, 3.63) is 34.9 Å². The van der Waals surface area contributed by atoms with Gasteiger partial charge in [0.25, 0.3) is 0 Å². The van der Waals surface area contributed by atoms with Crippen molar-refractivity contribution in [2.45, 2.75) is 79.2 Å². The number of hydrogen-bond acceptors (Lipinski definition) is 2. The topological polar surface area (TPSA) is 40.5 Å². The third-order valence-corrected chi connectivity index (χ3v) is 4.17. The van der Waals surface area contributed by atoms with Gasteiger partial charge in [-0.05, 0) is 79.6 Å². The van der Waals surface area contributed by atoms with E-state index in [0.29, 0.717) is 5.92 Å². The maximum Gasteiger partial charge on any atom is 0.0622 e. The summed E-state index contributed by atoms with van der Waals surface area (Å²) in [5.74, 6) is 0.464. The largest absolute Gasteiger partial charge is 0.392 e. The first-order valence-corrected chi connectivity index (χ1v) is 8.44. The SMILES string of the molecule is CC(C)=CCC/C(C)=C/CO.CC1=CCC(C(C)(C)O)CC1. The van der Waals surface area contributed by atoms with Crippen molar-refractivity contribution in [2.24, 2.45) is 5.92 Å². The molecule has 1 aliphatic carbocycles. The zero-order valence-electron chi connectivity index (χ0n) is 15.4. The second kappa shape index (κ2) is 10.8. The van der Waals surface area contributed by atoms with Gasteiger partial charge in [0.1, 0.15) is 0 Å². The highest BCUT2D eigenvalue weighted by Crippen LogP contribution is 2.31. The Hall–Kier alpha value is -0.860. The summed E-state index contributed by atoms with van der Waals surface area (Å²) in [4.78, 5) is 0. The van der Waals surface area contributed by atoms with Gasteiger partial charge in [-0.2, -0.15) is 0 Å². The number of allylic oxidation sites excluding steroid dienone is 5. The molecule has 2 nitrogen and oxygen atoms in total. The predicted octanol–water partition coefficient (Wildman–Crippen LogP) is 5.18. The second-order valence-corrected chi connectivity index (χ2v) is 7.23. The standard InChI is InChI=1S/2C10H18O/c1-8-4-6-9(7-5-8)10(2,3)11;1-9(2)5-4-6-10(3)7-8-11/h4,9,11H,5-7H2,1-3H3;5,7,11H,4,6,8H2,1-3H3/b;10-7+. The molecule has 0 spiro atoms. The van der Waals surface area contributed by atoms with Crippen LogP contribution in [0.15, 0.2) is 34.9 Å². The molecular formula is C20H36O2. The van der Waals surface area contributed by atoms with Crippen molar-refractivity contribution >= 4 is 0 Å². The van der Waals surface area contributed by atoms with Crippen LogP contribution in [0.5, 0.6) is 0 Å². The van der Waals surface area contributed by atoms with Crippen molar-refractivity contribution in [2.75, 3.05) is 6.61 Å².